The van der Waals surface area contributed by atoms with Crippen LogP contribution in [0.2, 0.25) is 0 Å². The second-order valence-electron chi connectivity index (χ2n) is 6.31. The van der Waals surface area contributed by atoms with E-state index >= 15 is 0 Å². The molecule has 5 nitrogen and oxygen atoms in total. The molecule has 0 atom stereocenters. The Morgan fingerprint density at radius 1 is 1.17 bits per heavy atom. The lowest BCUT2D eigenvalue weighted by molar-refractivity contribution is 0.0336. The van der Waals surface area contributed by atoms with Crippen LogP contribution >= 0.6 is 0 Å². The monoisotopic (exact) mass is 322 g/mol. The van der Waals surface area contributed by atoms with Crippen LogP contribution in [0.5, 0.6) is 0 Å². The molecule has 4 rings (SSSR count). The number of aromatic nitrogens is 2. The molecule has 2 aromatic heterocycles. The van der Waals surface area contributed by atoms with E-state index in [0.717, 1.165) is 55.4 Å². The summed E-state index contributed by atoms with van der Waals surface area (Å²) in [6.07, 6.45) is 2.10. The lowest BCUT2D eigenvalue weighted by Gasteiger charge is -2.26. The zero-order chi connectivity index (χ0) is 16.5. The van der Waals surface area contributed by atoms with E-state index in [0.29, 0.717) is 0 Å². The van der Waals surface area contributed by atoms with Crippen LogP contribution in [0.25, 0.3) is 16.9 Å². The number of hydrogen-bond acceptors (Lipinski definition) is 4. The van der Waals surface area contributed by atoms with Crippen LogP contribution in [0.15, 0.2) is 42.6 Å². The molecule has 0 spiro atoms. The van der Waals surface area contributed by atoms with Gasteiger partial charge >= 0.3 is 0 Å². The van der Waals surface area contributed by atoms with Gasteiger partial charge in [-0.2, -0.15) is 0 Å². The summed E-state index contributed by atoms with van der Waals surface area (Å²) in [5, 5.41) is 0. The number of nitrogens with two attached hydrogens (primary N) is 1. The van der Waals surface area contributed by atoms with Crippen molar-refractivity contribution in [1.29, 1.82) is 0 Å². The predicted molar refractivity (Wildman–Crippen MR) is 95.9 cm³/mol. The van der Waals surface area contributed by atoms with Gasteiger partial charge in [0.15, 0.2) is 0 Å². The summed E-state index contributed by atoms with van der Waals surface area (Å²) in [6.45, 7) is 6.46. The Bertz CT molecular complexity index is 865. The van der Waals surface area contributed by atoms with Crippen molar-refractivity contribution in [2.24, 2.45) is 0 Å². The Morgan fingerprint density at radius 3 is 2.79 bits per heavy atom. The SMILES string of the molecule is Cc1cccn2c(CN3CCOCC3)c(-c3cccc(N)c3)nc12. The second-order valence-corrected chi connectivity index (χ2v) is 6.31. The largest absolute Gasteiger partial charge is 0.399 e. The minimum atomic E-state index is 0.763. The molecule has 1 fully saturated rings. The number of anilines is 1. The number of fused-ring (bicyclic) bond motifs is 1. The first-order valence-corrected chi connectivity index (χ1v) is 8.35. The molecule has 0 aliphatic carbocycles. The van der Waals surface area contributed by atoms with E-state index in [1.807, 2.05) is 18.2 Å². The van der Waals surface area contributed by atoms with Gasteiger partial charge in [-0.3, -0.25) is 4.90 Å². The lowest BCUT2D eigenvalue weighted by Crippen LogP contribution is -2.36. The Balaban J connectivity index is 1.84. The highest BCUT2D eigenvalue weighted by atomic mass is 16.5. The van der Waals surface area contributed by atoms with Gasteiger partial charge in [-0.05, 0) is 30.7 Å². The van der Waals surface area contributed by atoms with Gasteiger partial charge in [-0.25, -0.2) is 4.98 Å². The molecule has 24 heavy (non-hydrogen) atoms. The fourth-order valence-corrected chi connectivity index (χ4v) is 3.29. The Morgan fingerprint density at radius 2 is 2.00 bits per heavy atom. The Kier molecular flexibility index (Phi) is 3.96. The van der Waals surface area contributed by atoms with Gasteiger partial charge < -0.3 is 14.9 Å². The highest BCUT2D eigenvalue weighted by molar-refractivity contribution is 5.70. The van der Waals surface area contributed by atoms with Crippen LogP contribution in [0.1, 0.15) is 11.3 Å². The van der Waals surface area contributed by atoms with E-state index in [4.69, 9.17) is 15.5 Å². The second kappa shape index (κ2) is 6.26. The van der Waals surface area contributed by atoms with Crippen molar-refractivity contribution >= 4 is 11.3 Å². The van der Waals surface area contributed by atoms with Crippen LogP contribution in [0, 0.1) is 6.92 Å². The third kappa shape index (κ3) is 2.77. The predicted octanol–water partition coefficient (Wildman–Crippen LogP) is 2.72. The maximum atomic E-state index is 5.99. The van der Waals surface area contributed by atoms with Crippen molar-refractivity contribution < 1.29 is 4.74 Å². The number of ether oxygens (including phenoxy) is 1. The molecule has 124 valence electrons. The summed E-state index contributed by atoms with van der Waals surface area (Å²) < 4.78 is 7.69. The summed E-state index contributed by atoms with van der Waals surface area (Å²) in [6, 6.07) is 12.2. The van der Waals surface area contributed by atoms with E-state index in [1.165, 1.54) is 11.3 Å². The number of pyridine rings is 1. The number of rotatable bonds is 3. The van der Waals surface area contributed by atoms with Crippen LogP contribution < -0.4 is 5.73 Å². The molecule has 1 aromatic carbocycles. The van der Waals surface area contributed by atoms with Gasteiger partial charge in [-0.15, -0.1) is 0 Å². The van der Waals surface area contributed by atoms with Crippen molar-refractivity contribution in [2.75, 3.05) is 32.0 Å². The maximum Gasteiger partial charge on any atom is 0.140 e. The number of imidazole rings is 1. The lowest BCUT2D eigenvalue weighted by atomic mass is 10.1. The van der Waals surface area contributed by atoms with Gasteiger partial charge in [0, 0.05) is 37.1 Å². The molecule has 0 radical (unpaired) electrons. The standard InChI is InChI=1S/C19H22N4O/c1-14-4-3-7-23-17(13-22-8-10-24-11-9-22)18(21-19(14)23)15-5-2-6-16(20)12-15/h2-7,12H,8-11,13,20H2,1H3. The van der Waals surface area contributed by atoms with E-state index in [2.05, 4.69) is 40.6 Å². The Labute approximate surface area is 141 Å². The summed E-state index contributed by atoms with van der Waals surface area (Å²) >= 11 is 0. The molecular formula is C19H22N4O. The molecule has 1 aliphatic heterocycles. The van der Waals surface area contributed by atoms with Gasteiger partial charge in [-0.1, -0.05) is 18.2 Å². The first kappa shape index (κ1) is 15.2. The minimum absolute atomic E-state index is 0.763. The smallest absolute Gasteiger partial charge is 0.140 e. The fourth-order valence-electron chi connectivity index (χ4n) is 3.29. The van der Waals surface area contributed by atoms with E-state index in [-0.39, 0.29) is 0 Å². The van der Waals surface area contributed by atoms with Gasteiger partial charge in [0.05, 0.1) is 24.6 Å². The first-order chi connectivity index (χ1) is 11.7. The van der Waals surface area contributed by atoms with Crippen molar-refractivity contribution in [2.45, 2.75) is 13.5 Å². The summed E-state index contributed by atoms with van der Waals surface area (Å²) in [5.41, 5.74) is 12.2. The molecule has 2 N–H and O–H groups in total. The quantitative estimate of drug-likeness (QED) is 0.753. The zero-order valence-electron chi connectivity index (χ0n) is 13.9. The molecule has 3 aromatic rings. The average molecular weight is 322 g/mol. The number of nitrogen functional groups attached to an aromatic ring is 1. The highest BCUT2D eigenvalue weighted by Gasteiger charge is 2.19. The fraction of sp³-hybridized carbons (Fsp3) is 0.316. The van der Waals surface area contributed by atoms with E-state index < -0.39 is 0 Å². The summed E-state index contributed by atoms with van der Waals surface area (Å²) in [4.78, 5) is 7.36. The number of morpholine rings is 1. The van der Waals surface area contributed by atoms with Crippen molar-refractivity contribution in [3.63, 3.8) is 0 Å². The number of hydrogen-bond donors (Lipinski definition) is 1. The zero-order valence-corrected chi connectivity index (χ0v) is 13.9. The van der Waals surface area contributed by atoms with Crippen molar-refractivity contribution in [3.05, 3.63) is 53.9 Å². The molecule has 0 amide bonds. The maximum absolute atomic E-state index is 5.99. The third-order valence-corrected chi connectivity index (χ3v) is 4.58. The van der Waals surface area contributed by atoms with Gasteiger partial charge in [0.2, 0.25) is 0 Å². The van der Waals surface area contributed by atoms with E-state index in [9.17, 15) is 0 Å². The normalized spacial score (nSPS) is 15.9. The Hall–Kier alpha value is -2.37. The molecule has 3 heterocycles. The van der Waals surface area contributed by atoms with Gasteiger partial charge in [0.1, 0.15) is 5.65 Å². The number of nitrogens with zero attached hydrogens (tertiary/aromatic N) is 3. The van der Waals surface area contributed by atoms with Crippen molar-refractivity contribution in [3.8, 4) is 11.3 Å². The average Bonchev–Trinajstić information content (AvgIpc) is 2.96. The molecule has 0 saturated carbocycles. The molecule has 0 bridgehead atoms. The molecule has 1 saturated heterocycles. The minimum Gasteiger partial charge on any atom is -0.399 e. The number of benzene rings is 1. The summed E-state index contributed by atoms with van der Waals surface area (Å²) in [7, 11) is 0. The molecular weight excluding hydrogens is 300 g/mol. The van der Waals surface area contributed by atoms with Gasteiger partial charge in [0.25, 0.3) is 0 Å². The molecule has 1 aliphatic rings. The van der Waals surface area contributed by atoms with E-state index in [1.54, 1.807) is 0 Å². The third-order valence-electron chi connectivity index (χ3n) is 4.58. The van der Waals surface area contributed by atoms with Crippen LogP contribution in [0.4, 0.5) is 5.69 Å². The topological polar surface area (TPSA) is 55.8 Å². The molecule has 0 unspecified atom stereocenters. The van der Waals surface area contributed by atoms with Crippen LogP contribution in [0.3, 0.4) is 0 Å². The summed E-state index contributed by atoms with van der Waals surface area (Å²) in [5.74, 6) is 0. The first-order valence-electron chi connectivity index (χ1n) is 8.35. The van der Waals surface area contributed by atoms with Crippen molar-refractivity contribution in [1.82, 2.24) is 14.3 Å². The van der Waals surface area contributed by atoms with Crippen LogP contribution in [-0.2, 0) is 11.3 Å². The molecule has 5 heteroatoms. The number of aryl methyl sites for hydroxylation is 1. The van der Waals surface area contributed by atoms with Crippen LogP contribution in [-0.4, -0.2) is 40.6 Å². The highest BCUT2D eigenvalue weighted by Crippen LogP contribution is 2.28.